The van der Waals surface area contributed by atoms with E-state index in [1.165, 1.54) is 25.3 Å². The van der Waals surface area contributed by atoms with Crippen LogP contribution in [-0.2, 0) is 0 Å². The number of hydrogen-bond donors (Lipinski definition) is 0. The molecule has 7 heteroatoms. The van der Waals surface area contributed by atoms with Crippen molar-refractivity contribution in [3.05, 3.63) is 97.1 Å². The third-order valence-electron chi connectivity index (χ3n) is 3.77. The predicted molar refractivity (Wildman–Crippen MR) is 103 cm³/mol. The highest BCUT2D eigenvalue weighted by atomic mass is 15.3. The van der Waals surface area contributed by atoms with Crippen molar-refractivity contribution in [3.8, 4) is 0 Å². The van der Waals surface area contributed by atoms with Crippen LogP contribution in [0.4, 0.5) is 11.9 Å². The van der Waals surface area contributed by atoms with Gasteiger partial charge in [-0.15, -0.1) is 0 Å². The molecule has 0 atom stereocenters. The number of nitrogens with zero attached hydrogens (tertiary/aromatic N) is 7. The summed E-state index contributed by atoms with van der Waals surface area (Å²) in [6, 6.07) is 20.0. The molecule has 2 aromatic carbocycles. The monoisotopic (exact) mass is 353 g/mol. The first-order valence-electron chi connectivity index (χ1n) is 8.28. The highest BCUT2D eigenvalue weighted by Crippen LogP contribution is 2.30. The van der Waals surface area contributed by atoms with Crippen molar-refractivity contribution in [1.82, 2.24) is 29.9 Å². The van der Waals surface area contributed by atoms with E-state index in [4.69, 9.17) is 0 Å². The molecule has 0 aliphatic heterocycles. The van der Waals surface area contributed by atoms with E-state index >= 15 is 0 Å². The molecule has 0 saturated heterocycles. The number of aromatic nitrogens is 6. The number of hydrogen-bond acceptors (Lipinski definition) is 7. The van der Waals surface area contributed by atoms with E-state index in [9.17, 15) is 0 Å². The second-order valence-corrected chi connectivity index (χ2v) is 5.52. The molecule has 0 saturated carbocycles. The normalized spacial score (nSPS) is 11.2. The summed E-state index contributed by atoms with van der Waals surface area (Å²) >= 11 is 0. The van der Waals surface area contributed by atoms with E-state index in [1.54, 1.807) is 4.90 Å². The van der Waals surface area contributed by atoms with E-state index in [-0.39, 0.29) is 0 Å². The van der Waals surface area contributed by atoms with Crippen molar-refractivity contribution in [2.75, 3.05) is 4.90 Å². The van der Waals surface area contributed by atoms with Gasteiger partial charge in [-0.1, -0.05) is 60.7 Å². The molecular formula is C20H15N7. The van der Waals surface area contributed by atoms with E-state index in [0.29, 0.717) is 11.9 Å². The van der Waals surface area contributed by atoms with Crippen molar-refractivity contribution < 1.29 is 0 Å². The zero-order valence-corrected chi connectivity index (χ0v) is 14.3. The molecular weight excluding hydrogens is 338 g/mol. The molecule has 2 aromatic heterocycles. The summed E-state index contributed by atoms with van der Waals surface area (Å²) in [5, 5.41) is 0. The first-order valence-corrected chi connectivity index (χ1v) is 8.28. The zero-order valence-electron chi connectivity index (χ0n) is 14.3. The quantitative estimate of drug-likeness (QED) is 0.509. The Morgan fingerprint density at radius 3 is 1.63 bits per heavy atom. The van der Waals surface area contributed by atoms with Gasteiger partial charge in [0.25, 0.3) is 0 Å². The molecule has 130 valence electrons. The van der Waals surface area contributed by atoms with Crippen LogP contribution in [0.3, 0.4) is 0 Å². The first kappa shape index (κ1) is 16.5. The molecule has 4 rings (SSSR count). The summed E-state index contributed by atoms with van der Waals surface area (Å²) in [6.07, 6.45) is 7.83. The molecule has 0 aliphatic carbocycles. The van der Waals surface area contributed by atoms with Crippen molar-refractivity contribution in [2.24, 2.45) is 0 Å². The maximum atomic E-state index is 4.31. The minimum atomic E-state index is 0.419. The van der Waals surface area contributed by atoms with Crippen LogP contribution in [0.2, 0.25) is 0 Å². The van der Waals surface area contributed by atoms with Crippen molar-refractivity contribution >= 4 is 23.7 Å². The van der Waals surface area contributed by atoms with Crippen LogP contribution in [0, 0.1) is 0 Å². The molecule has 7 nitrogen and oxygen atoms in total. The number of rotatable bonds is 5. The first-order chi connectivity index (χ1) is 13.4. The average Bonchev–Trinajstić information content (AvgIpc) is 2.76. The Morgan fingerprint density at radius 1 is 0.630 bits per heavy atom. The molecule has 0 aliphatic rings. The second kappa shape index (κ2) is 7.92. The van der Waals surface area contributed by atoms with Crippen molar-refractivity contribution in [1.29, 1.82) is 0 Å². The molecule has 0 spiro atoms. The Labute approximate surface area is 156 Å². The maximum absolute atomic E-state index is 4.31. The van der Waals surface area contributed by atoms with Gasteiger partial charge in [0.15, 0.2) is 0 Å². The molecule has 4 aromatic rings. The van der Waals surface area contributed by atoms with Gasteiger partial charge < -0.3 is 0 Å². The minimum Gasteiger partial charge on any atom is -0.246 e. The van der Waals surface area contributed by atoms with Gasteiger partial charge in [-0.3, -0.25) is 0 Å². The van der Waals surface area contributed by atoms with E-state index in [0.717, 1.165) is 16.8 Å². The zero-order chi connectivity index (χ0) is 18.3. The van der Waals surface area contributed by atoms with Crippen molar-refractivity contribution in [2.45, 2.75) is 0 Å². The molecule has 0 N–H and O–H groups in total. The predicted octanol–water partition coefficient (Wildman–Crippen LogP) is 3.39. The van der Waals surface area contributed by atoms with Gasteiger partial charge in [0.05, 0.1) is 5.70 Å². The summed E-state index contributed by atoms with van der Waals surface area (Å²) in [6.45, 7) is 0. The third kappa shape index (κ3) is 3.82. The van der Waals surface area contributed by atoms with Gasteiger partial charge in [0, 0.05) is 0 Å². The third-order valence-corrected chi connectivity index (χ3v) is 3.77. The summed E-state index contributed by atoms with van der Waals surface area (Å²) in [7, 11) is 0. The Morgan fingerprint density at radius 2 is 1.11 bits per heavy atom. The van der Waals surface area contributed by atoms with E-state index in [1.807, 2.05) is 66.7 Å². The van der Waals surface area contributed by atoms with Crippen LogP contribution in [0.25, 0.3) is 11.8 Å². The number of benzene rings is 2. The van der Waals surface area contributed by atoms with Gasteiger partial charge in [-0.2, -0.15) is 0 Å². The standard InChI is InChI=1S/C20H15N7/c1-3-7-16(8-4-1)11-18(17-9-5-2-6-10-17)27(19-23-12-21-13-24-19)20-25-14-22-15-26-20/h1-15H. The summed E-state index contributed by atoms with van der Waals surface area (Å²) in [4.78, 5) is 26.8. The van der Waals surface area contributed by atoms with Crippen LogP contribution in [0.15, 0.2) is 86.0 Å². The lowest BCUT2D eigenvalue weighted by atomic mass is 10.1. The fraction of sp³-hybridized carbons (Fsp3) is 0. The smallest absolute Gasteiger partial charge is 0.240 e. The van der Waals surface area contributed by atoms with E-state index in [2.05, 4.69) is 29.9 Å². The van der Waals surface area contributed by atoms with E-state index < -0.39 is 0 Å². The summed E-state index contributed by atoms with van der Waals surface area (Å²) in [5.41, 5.74) is 2.84. The van der Waals surface area contributed by atoms with Gasteiger partial charge in [0.1, 0.15) is 25.3 Å². The SMILES string of the molecule is C(=C(c1ccccc1)N(c1ncncn1)c1ncncn1)c1ccccc1. The fourth-order valence-electron chi connectivity index (χ4n) is 2.60. The Bertz CT molecular complexity index is 968. The average molecular weight is 353 g/mol. The Balaban J connectivity index is 1.93. The van der Waals surface area contributed by atoms with Crippen LogP contribution >= 0.6 is 0 Å². The van der Waals surface area contributed by atoms with Gasteiger partial charge >= 0.3 is 0 Å². The second-order valence-electron chi connectivity index (χ2n) is 5.52. The van der Waals surface area contributed by atoms with Crippen molar-refractivity contribution in [3.63, 3.8) is 0 Å². The highest BCUT2D eigenvalue weighted by Gasteiger charge is 2.21. The van der Waals surface area contributed by atoms with Gasteiger partial charge in [-0.25, -0.2) is 34.8 Å². The molecule has 0 amide bonds. The molecule has 27 heavy (non-hydrogen) atoms. The largest absolute Gasteiger partial charge is 0.246 e. The lowest BCUT2D eigenvalue weighted by Gasteiger charge is -2.23. The molecule has 2 heterocycles. The molecule has 0 unspecified atom stereocenters. The molecule has 0 radical (unpaired) electrons. The lowest BCUT2D eigenvalue weighted by molar-refractivity contribution is 0.953. The maximum Gasteiger partial charge on any atom is 0.240 e. The van der Waals surface area contributed by atoms with Gasteiger partial charge in [-0.05, 0) is 17.2 Å². The minimum absolute atomic E-state index is 0.419. The summed E-state index contributed by atoms with van der Waals surface area (Å²) < 4.78 is 0. The Hall–Kier alpha value is -4.00. The molecule has 0 bridgehead atoms. The molecule has 0 fully saturated rings. The number of anilines is 2. The summed E-state index contributed by atoms with van der Waals surface area (Å²) in [5.74, 6) is 0.837. The van der Waals surface area contributed by atoms with Gasteiger partial charge in [0.2, 0.25) is 11.9 Å². The highest BCUT2D eigenvalue weighted by molar-refractivity contribution is 5.92. The van der Waals surface area contributed by atoms with Crippen LogP contribution in [0.1, 0.15) is 11.1 Å². The van der Waals surface area contributed by atoms with Crippen LogP contribution < -0.4 is 4.90 Å². The fourth-order valence-corrected chi connectivity index (χ4v) is 2.60. The lowest BCUT2D eigenvalue weighted by Crippen LogP contribution is -2.20. The Kier molecular flexibility index (Phi) is 4.83. The van der Waals surface area contributed by atoms with Crippen LogP contribution in [-0.4, -0.2) is 29.9 Å². The van der Waals surface area contributed by atoms with Crippen LogP contribution in [0.5, 0.6) is 0 Å². The topological polar surface area (TPSA) is 80.6 Å².